The van der Waals surface area contributed by atoms with Gasteiger partial charge in [0.2, 0.25) is 0 Å². The van der Waals surface area contributed by atoms with Crippen molar-refractivity contribution < 1.29 is 49.5 Å². The Bertz CT molecular complexity index is 891. The van der Waals surface area contributed by atoms with E-state index in [9.17, 15) is 0 Å². The maximum atomic E-state index is 4.56. The van der Waals surface area contributed by atoms with Crippen molar-refractivity contribution in [3.63, 3.8) is 0 Å². The molecule has 1 aromatic carbocycles. The molecule has 2 heterocycles. The number of halogens is 2. The van der Waals surface area contributed by atoms with Gasteiger partial charge in [-0.05, 0) is 23.4 Å². The third kappa shape index (κ3) is 3.08. The Morgan fingerprint density at radius 3 is 2.40 bits per heavy atom. The van der Waals surface area contributed by atoms with Gasteiger partial charge >= 0.3 is 82.3 Å². The molecule has 1 atom stereocenters. The molecule has 4 aliphatic rings. The molecule has 0 spiro atoms. The van der Waals surface area contributed by atoms with Crippen LogP contribution in [-0.4, -0.2) is 13.8 Å². The normalized spacial score (nSPS) is 22.7. The third-order valence-corrected chi connectivity index (χ3v) is 10.8. The van der Waals surface area contributed by atoms with Crippen LogP contribution in [0, 0.1) is 0 Å². The quantitative estimate of drug-likeness (QED) is 0.441. The van der Waals surface area contributed by atoms with E-state index in [2.05, 4.69) is 74.4 Å². The van der Waals surface area contributed by atoms with Crippen molar-refractivity contribution in [3.8, 4) is 0 Å². The van der Waals surface area contributed by atoms with Gasteiger partial charge in [0.1, 0.15) is 8.07 Å². The van der Waals surface area contributed by atoms with Crippen molar-refractivity contribution >= 4 is 19.9 Å². The summed E-state index contributed by atoms with van der Waals surface area (Å²) in [5, 5.41) is 3.23. The maximum absolute atomic E-state index is 4.56. The molecule has 1 aromatic rings. The van der Waals surface area contributed by atoms with Crippen LogP contribution in [0.3, 0.4) is 0 Å². The molecule has 0 radical (unpaired) electrons. The predicted molar refractivity (Wildman–Crippen MR) is 96.6 cm³/mol. The van der Waals surface area contributed by atoms with E-state index in [1.54, 1.807) is 35.1 Å². The Balaban J connectivity index is 0.000000168. The second kappa shape index (κ2) is 7.27. The molecule has 0 saturated heterocycles. The average molecular weight is 465 g/mol. The first-order valence-electron chi connectivity index (χ1n) is 8.13. The van der Waals surface area contributed by atoms with Crippen LogP contribution in [0.4, 0.5) is 0 Å². The van der Waals surface area contributed by atoms with Crippen molar-refractivity contribution in [3.05, 3.63) is 74.8 Å². The molecule has 2 aliphatic carbocycles. The largest absolute Gasteiger partial charge is 1.00 e. The third-order valence-electron chi connectivity index (χ3n) is 5.28. The van der Waals surface area contributed by atoms with E-state index in [4.69, 9.17) is 0 Å². The Morgan fingerprint density at radius 2 is 1.72 bits per heavy atom. The van der Waals surface area contributed by atoms with E-state index in [0.717, 1.165) is 3.63 Å². The van der Waals surface area contributed by atoms with Gasteiger partial charge in [-0.2, -0.15) is 0 Å². The number of aliphatic imine (C=N–C) groups is 1. The fourth-order valence-electron chi connectivity index (χ4n) is 4.08. The molecule has 0 aromatic heterocycles. The van der Waals surface area contributed by atoms with Crippen molar-refractivity contribution in [2.24, 2.45) is 4.99 Å². The van der Waals surface area contributed by atoms with Gasteiger partial charge in [0.15, 0.2) is 0 Å². The Labute approximate surface area is 178 Å². The van der Waals surface area contributed by atoms with Gasteiger partial charge in [0, 0.05) is 11.3 Å². The number of nitrogens with zero attached hydrogens (tertiary/aromatic N) is 1. The van der Waals surface area contributed by atoms with Crippen LogP contribution in [0.2, 0.25) is 13.1 Å². The smallest absolute Gasteiger partial charge is 0.116 e. The van der Waals surface area contributed by atoms with Gasteiger partial charge in [0.05, 0.1) is 5.70 Å². The van der Waals surface area contributed by atoms with E-state index in [1.165, 1.54) is 33.7 Å². The second-order valence-corrected chi connectivity index (χ2v) is 12.9. The molecule has 5 rings (SSSR count). The van der Waals surface area contributed by atoms with Crippen molar-refractivity contribution in [2.45, 2.75) is 30.6 Å². The summed E-state index contributed by atoms with van der Waals surface area (Å²) in [7, 11) is -1.17. The molecule has 25 heavy (non-hydrogen) atoms. The second-order valence-electron chi connectivity index (χ2n) is 7.15. The van der Waals surface area contributed by atoms with Crippen molar-refractivity contribution in [1.82, 2.24) is 0 Å². The number of rotatable bonds is 0. The number of hydrogen-bond donors (Lipinski definition) is 0. The Morgan fingerprint density at radius 1 is 1.04 bits per heavy atom. The van der Waals surface area contributed by atoms with Gasteiger partial charge in [-0.3, -0.25) is 4.99 Å². The van der Waals surface area contributed by atoms with Gasteiger partial charge in [0.25, 0.3) is 0 Å². The maximum Gasteiger partial charge on any atom is 0.116 e. The van der Waals surface area contributed by atoms with Gasteiger partial charge < -0.3 is 24.8 Å². The van der Waals surface area contributed by atoms with Gasteiger partial charge in [-0.15, -0.1) is 0 Å². The first kappa shape index (κ1) is 20.8. The summed E-state index contributed by atoms with van der Waals surface area (Å²) in [5.74, 6) is 0. The minimum absolute atomic E-state index is 0. The first-order chi connectivity index (χ1) is 10.9. The SMILES string of the molecule is CC1=Cc2ccccc2[CH]1[Zr+2].CC1=NC2=CC=C3C2=C1[Si]3(C)C.[Cl-].[Cl-]. The van der Waals surface area contributed by atoms with Crippen molar-refractivity contribution in [1.29, 1.82) is 0 Å². The van der Waals surface area contributed by atoms with Crippen LogP contribution >= 0.6 is 0 Å². The van der Waals surface area contributed by atoms with Crippen molar-refractivity contribution in [2.75, 3.05) is 0 Å². The number of fused-ring (bicyclic) bond motifs is 1. The fraction of sp³-hybridized carbons (Fsp3) is 0.250. The molecule has 1 nitrogen and oxygen atoms in total. The van der Waals surface area contributed by atoms with Crippen LogP contribution in [-0.2, 0) is 24.7 Å². The Kier molecular flexibility index (Phi) is 6.06. The molecule has 0 saturated carbocycles. The predicted octanol–water partition coefficient (Wildman–Crippen LogP) is -0.919. The topological polar surface area (TPSA) is 12.4 Å². The summed E-state index contributed by atoms with van der Waals surface area (Å²) >= 11 is 1.60. The molecule has 0 bridgehead atoms. The van der Waals surface area contributed by atoms with E-state index >= 15 is 0 Å². The summed E-state index contributed by atoms with van der Waals surface area (Å²) in [4.78, 5) is 4.56. The van der Waals surface area contributed by atoms with Crippen LogP contribution in [0.5, 0.6) is 0 Å². The average Bonchev–Trinajstić information content (AvgIpc) is 3.10. The first-order valence-corrected chi connectivity index (χ1v) is 12.5. The summed E-state index contributed by atoms with van der Waals surface area (Å²) < 4.78 is 0.721. The number of benzene rings is 1. The summed E-state index contributed by atoms with van der Waals surface area (Å²) in [6.45, 7) is 9.20. The molecule has 0 fully saturated rings. The molecule has 2 aliphatic heterocycles. The van der Waals surface area contributed by atoms with E-state index in [0.29, 0.717) is 0 Å². The number of allylic oxidation sites excluding steroid dienone is 5. The van der Waals surface area contributed by atoms with E-state index in [-0.39, 0.29) is 24.8 Å². The molecule has 1 unspecified atom stereocenters. The summed E-state index contributed by atoms with van der Waals surface area (Å²) in [6, 6.07) is 8.67. The molecule has 127 valence electrons. The Hall–Kier alpha value is -0.470. The van der Waals surface area contributed by atoms with E-state index < -0.39 is 8.07 Å². The molecule has 5 heteroatoms. The summed E-state index contributed by atoms with van der Waals surface area (Å²) in [5.41, 5.74) is 8.46. The van der Waals surface area contributed by atoms with Gasteiger partial charge in [-0.25, -0.2) is 0 Å². The van der Waals surface area contributed by atoms with Gasteiger partial charge in [-0.1, -0.05) is 19.2 Å². The standard InChI is InChI=1S/C10H11NSi.C10H9.2ClH.Zr/c1-6-10-9-7(11-6)4-5-8(9)12(10,2)3;1-8-6-9-4-2-3-5-10(9)7-8;;;/h4-5H,1-3H3;2-7H,1H3;2*1H;/q;;;;+2/p-2. The van der Waals surface area contributed by atoms with Crippen LogP contribution < -0.4 is 24.8 Å². The minimum Gasteiger partial charge on any atom is -1.00 e. The zero-order chi connectivity index (χ0) is 16.4. The fourth-order valence-corrected chi connectivity index (χ4v) is 8.24. The monoisotopic (exact) mass is 462 g/mol. The summed E-state index contributed by atoms with van der Waals surface area (Å²) in [6.07, 6.45) is 6.74. The van der Waals surface area contributed by atoms with E-state index in [1.807, 2.05) is 0 Å². The van der Waals surface area contributed by atoms with Crippen LogP contribution in [0.25, 0.3) is 6.08 Å². The molecular weight excluding hydrogens is 444 g/mol. The number of hydrogen-bond acceptors (Lipinski definition) is 1. The van der Waals surface area contributed by atoms with Crippen LogP contribution in [0.15, 0.2) is 68.6 Å². The van der Waals surface area contributed by atoms with Crippen LogP contribution in [0.1, 0.15) is 28.6 Å². The zero-order valence-corrected chi connectivity index (χ0v) is 19.8. The molecular formula is C20H20Cl2NSiZr. The zero-order valence-electron chi connectivity index (χ0n) is 14.8. The molecule has 0 amide bonds. The molecule has 0 N–H and O–H groups in total. The minimum atomic E-state index is -1.17.